The molecule has 0 radical (unpaired) electrons. The van der Waals surface area contributed by atoms with Crippen LogP contribution in [0.5, 0.6) is 0 Å². The van der Waals surface area contributed by atoms with Gasteiger partial charge in [0, 0.05) is 12.6 Å². The molecule has 2 rings (SSSR count). The van der Waals surface area contributed by atoms with E-state index in [1.165, 1.54) is 5.38 Å². The number of benzene rings is 1. The molecule has 1 aromatic heterocycles. The van der Waals surface area contributed by atoms with Crippen LogP contribution in [-0.2, 0) is 15.6 Å². The Balaban J connectivity index is 2.49. The monoisotopic (exact) mass is 463 g/mol. The molecule has 29 heavy (non-hydrogen) atoms. The van der Waals surface area contributed by atoms with Crippen LogP contribution in [0, 0.1) is 0 Å². The van der Waals surface area contributed by atoms with Crippen LogP contribution in [0.2, 0.25) is 0 Å². The minimum atomic E-state index is -6.09. The van der Waals surface area contributed by atoms with E-state index in [2.05, 4.69) is 0 Å². The molecule has 2 aromatic rings. The van der Waals surface area contributed by atoms with Gasteiger partial charge >= 0.3 is 18.3 Å². The second-order valence-electron chi connectivity index (χ2n) is 5.64. The van der Waals surface area contributed by atoms with E-state index in [0.717, 1.165) is 13.1 Å². The molecule has 0 saturated heterocycles. The van der Waals surface area contributed by atoms with Gasteiger partial charge in [0.15, 0.2) is 0 Å². The number of rotatable bonds is 5. The molecule has 1 aromatic carbocycles. The summed E-state index contributed by atoms with van der Waals surface area (Å²) in [4.78, 5) is 10.0. The third-order valence-electron chi connectivity index (χ3n) is 3.93. The van der Waals surface area contributed by atoms with Crippen LogP contribution < -0.4 is 4.31 Å². The molecule has 160 valence electrons. The standard InChI is InChI=1S/C15H11F6NO5S2/c1-22(29(26,27)10-6-7-28-11(10)12(23)24)9-4-2-8(3-5-9)13(25,14(16,17)18)15(19,20)21/h2-7,25H,1H3,(H,23,24). The second-order valence-corrected chi connectivity index (χ2v) is 8.50. The zero-order valence-electron chi connectivity index (χ0n) is 14.1. The lowest BCUT2D eigenvalue weighted by atomic mass is 9.92. The number of carboxylic acid groups (broad SMARTS) is 1. The Hall–Kier alpha value is -2.32. The Labute approximate surface area is 163 Å². The third kappa shape index (κ3) is 3.79. The highest BCUT2D eigenvalue weighted by Crippen LogP contribution is 2.50. The number of aromatic carboxylic acids is 1. The van der Waals surface area contributed by atoms with Crippen LogP contribution in [-0.4, -0.2) is 44.0 Å². The van der Waals surface area contributed by atoms with E-state index in [1.54, 1.807) is 0 Å². The number of carboxylic acids is 1. The van der Waals surface area contributed by atoms with Crippen molar-refractivity contribution in [1.29, 1.82) is 0 Å². The number of sulfonamides is 1. The summed E-state index contributed by atoms with van der Waals surface area (Å²) in [6.07, 6.45) is -12.2. The summed E-state index contributed by atoms with van der Waals surface area (Å²) in [5.74, 6) is -1.53. The van der Waals surface area contributed by atoms with Gasteiger partial charge in [0.25, 0.3) is 15.6 Å². The number of halogens is 6. The molecule has 0 aliphatic carbocycles. The summed E-state index contributed by atoms with van der Waals surface area (Å²) in [6.45, 7) is 0. The van der Waals surface area contributed by atoms with Crippen molar-refractivity contribution in [2.24, 2.45) is 0 Å². The smallest absolute Gasteiger partial charge is 0.430 e. The summed E-state index contributed by atoms with van der Waals surface area (Å²) < 4.78 is 103. The molecule has 6 nitrogen and oxygen atoms in total. The average Bonchev–Trinajstić information content (AvgIpc) is 3.09. The van der Waals surface area contributed by atoms with Crippen molar-refractivity contribution in [2.45, 2.75) is 22.8 Å². The maximum Gasteiger partial charge on any atom is 0.430 e. The Morgan fingerprint density at radius 3 is 1.90 bits per heavy atom. The first-order valence-corrected chi connectivity index (χ1v) is 9.63. The lowest BCUT2D eigenvalue weighted by molar-refractivity contribution is -0.376. The normalized spacial score (nSPS) is 13.4. The van der Waals surface area contributed by atoms with Gasteiger partial charge in [-0.05, 0) is 23.6 Å². The van der Waals surface area contributed by atoms with Gasteiger partial charge in [-0.3, -0.25) is 4.31 Å². The second kappa shape index (κ2) is 7.18. The average molecular weight is 463 g/mol. The minimum Gasteiger partial charge on any atom is -0.477 e. The fourth-order valence-corrected chi connectivity index (χ4v) is 4.77. The van der Waals surface area contributed by atoms with Gasteiger partial charge in [0.05, 0.1) is 5.69 Å². The summed E-state index contributed by atoms with van der Waals surface area (Å²) in [5, 5.41) is 19.6. The molecular formula is C15H11F6NO5S2. The van der Waals surface area contributed by atoms with E-state index in [0.29, 0.717) is 27.8 Å². The van der Waals surface area contributed by atoms with Gasteiger partial charge in [-0.2, -0.15) is 26.3 Å². The molecule has 0 amide bonds. The molecule has 0 saturated carbocycles. The molecule has 0 bridgehead atoms. The number of anilines is 1. The van der Waals surface area contributed by atoms with Crippen LogP contribution in [0.1, 0.15) is 15.2 Å². The molecule has 0 spiro atoms. The third-order valence-corrected chi connectivity index (χ3v) is 6.79. The van der Waals surface area contributed by atoms with Gasteiger partial charge in [0.2, 0.25) is 0 Å². The van der Waals surface area contributed by atoms with Crippen molar-refractivity contribution in [3.05, 3.63) is 46.2 Å². The van der Waals surface area contributed by atoms with Crippen molar-refractivity contribution in [2.75, 3.05) is 11.4 Å². The number of nitrogens with zero attached hydrogens (tertiary/aromatic N) is 1. The predicted octanol–water partition coefficient (Wildman–Crippen LogP) is 3.58. The van der Waals surface area contributed by atoms with Crippen LogP contribution >= 0.6 is 11.3 Å². The molecule has 14 heteroatoms. The molecule has 0 atom stereocenters. The van der Waals surface area contributed by atoms with E-state index in [9.17, 15) is 44.7 Å². The zero-order chi connectivity index (χ0) is 22.4. The number of carbonyl (C=O) groups is 1. The Morgan fingerprint density at radius 2 is 1.48 bits per heavy atom. The van der Waals surface area contributed by atoms with E-state index < -0.39 is 49.3 Å². The SMILES string of the molecule is CN(c1ccc(C(O)(C(F)(F)F)C(F)(F)F)cc1)S(=O)(=O)c1ccsc1C(=O)O. The highest BCUT2D eigenvalue weighted by molar-refractivity contribution is 7.93. The molecular weight excluding hydrogens is 452 g/mol. The first-order chi connectivity index (χ1) is 13.0. The largest absolute Gasteiger partial charge is 0.477 e. The highest BCUT2D eigenvalue weighted by atomic mass is 32.2. The Bertz CT molecular complexity index is 997. The fraction of sp³-hybridized carbons (Fsp3) is 0.267. The predicted molar refractivity (Wildman–Crippen MR) is 89.3 cm³/mol. The summed E-state index contributed by atoms with van der Waals surface area (Å²) in [7, 11) is -3.54. The lowest BCUT2D eigenvalue weighted by Gasteiger charge is -2.33. The quantitative estimate of drug-likeness (QED) is 0.661. The number of hydrogen-bond donors (Lipinski definition) is 2. The van der Waals surface area contributed by atoms with Crippen LogP contribution in [0.4, 0.5) is 32.0 Å². The summed E-state index contributed by atoms with van der Waals surface area (Å²) >= 11 is 0.620. The minimum absolute atomic E-state index is 0.286. The van der Waals surface area contributed by atoms with Crippen molar-refractivity contribution in [3.63, 3.8) is 0 Å². The molecule has 2 N–H and O–H groups in total. The van der Waals surface area contributed by atoms with Crippen molar-refractivity contribution >= 4 is 33.0 Å². The van der Waals surface area contributed by atoms with E-state index >= 15 is 0 Å². The Morgan fingerprint density at radius 1 is 1.00 bits per heavy atom. The van der Waals surface area contributed by atoms with E-state index in [1.807, 2.05) is 0 Å². The maximum absolute atomic E-state index is 12.9. The first-order valence-electron chi connectivity index (χ1n) is 7.31. The number of aliphatic hydroxyl groups is 1. The first kappa shape index (κ1) is 23.0. The topological polar surface area (TPSA) is 94.9 Å². The molecule has 0 unspecified atom stereocenters. The van der Waals surface area contributed by atoms with Crippen molar-refractivity contribution < 1.29 is 49.8 Å². The van der Waals surface area contributed by atoms with E-state index in [-0.39, 0.29) is 17.8 Å². The lowest BCUT2D eigenvalue weighted by Crippen LogP contribution is -2.53. The van der Waals surface area contributed by atoms with Crippen molar-refractivity contribution in [3.8, 4) is 0 Å². The molecule has 0 fully saturated rings. The fourth-order valence-electron chi connectivity index (χ4n) is 2.34. The molecule has 0 aliphatic heterocycles. The van der Waals surface area contributed by atoms with Gasteiger partial charge < -0.3 is 10.2 Å². The number of thiophene rings is 1. The summed E-state index contributed by atoms with van der Waals surface area (Å²) in [6, 6.07) is 2.83. The van der Waals surface area contributed by atoms with Gasteiger partial charge in [-0.1, -0.05) is 12.1 Å². The van der Waals surface area contributed by atoms with E-state index in [4.69, 9.17) is 5.11 Å². The van der Waals surface area contributed by atoms with Crippen LogP contribution in [0.3, 0.4) is 0 Å². The van der Waals surface area contributed by atoms with Crippen molar-refractivity contribution in [1.82, 2.24) is 0 Å². The summed E-state index contributed by atoms with van der Waals surface area (Å²) in [5.41, 5.74) is -7.07. The highest BCUT2D eigenvalue weighted by Gasteiger charge is 2.71. The maximum atomic E-state index is 12.9. The van der Waals surface area contributed by atoms with Gasteiger partial charge in [-0.15, -0.1) is 11.3 Å². The zero-order valence-corrected chi connectivity index (χ0v) is 15.7. The van der Waals surface area contributed by atoms with Gasteiger partial charge in [0.1, 0.15) is 9.77 Å². The molecule has 0 aliphatic rings. The van der Waals surface area contributed by atoms with Gasteiger partial charge in [-0.25, -0.2) is 13.2 Å². The molecule has 1 heterocycles. The number of alkyl halides is 6. The van der Waals surface area contributed by atoms with Crippen LogP contribution in [0.25, 0.3) is 0 Å². The van der Waals surface area contributed by atoms with Crippen LogP contribution in [0.15, 0.2) is 40.6 Å². The Kier molecular flexibility index (Phi) is 5.68. The number of hydrogen-bond acceptors (Lipinski definition) is 5.